The van der Waals surface area contributed by atoms with Gasteiger partial charge in [0.15, 0.2) is 0 Å². The first-order valence-corrected chi connectivity index (χ1v) is 11.7. The van der Waals surface area contributed by atoms with E-state index in [9.17, 15) is 0 Å². The van der Waals surface area contributed by atoms with Gasteiger partial charge in [-0.05, 0) is 71.6 Å². The number of hydrogen-bond acceptors (Lipinski definition) is 5. The molecular formula is C30H27N5Pt. The molecule has 0 aliphatic heterocycles. The second-order valence-corrected chi connectivity index (χ2v) is 9.32. The van der Waals surface area contributed by atoms with E-state index in [1.807, 2.05) is 72.8 Å². The molecule has 4 aromatic heterocycles. The van der Waals surface area contributed by atoms with Crippen LogP contribution in [-0.2, 0) is 26.5 Å². The van der Waals surface area contributed by atoms with Gasteiger partial charge in [-0.15, -0.1) is 0 Å². The number of benzene rings is 1. The van der Waals surface area contributed by atoms with Crippen LogP contribution in [0.3, 0.4) is 0 Å². The first kappa shape index (κ1) is 25.4. The van der Waals surface area contributed by atoms with Crippen molar-refractivity contribution in [1.82, 2.24) is 19.9 Å². The monoisotopic (exact) mass is 652 g/mol. The summed E-state index contributed by atoms with van der Waals surface area (Å²) < 4.78 is 0. The minimum absolute atomic E-state index is 0. The predicted octanol–water partition coefficient (Wildman–Crippen LogP) is 7.37. The average Bonchev–Trinajstić information content (AvgIpc) is 2.90. The van der Waals surface area contributed by atoms with Gasteiger partial charge < -0.3 is 0 Å². The standard InChI is InChI=1S/C30H27N5.Pt/c1-30(2,3)22-16-18-23(19-17-22)35(28-14-8-12-26(33-28)24-10-4-6-20-31-24)29-15-9-13-27(34-29)25-11-5-7-21-32-25;/h4-21H,1-3H3;. The molecule has 182 valence electrons. The normalized spacial score (nSPS) is 11.0. The minimum Gasteiger partial charge on any atom is -0.279 e. The van der Waals surface area contributed by atoms with E-state index in [1.54, 1.807) is 12.4 Å². The first-order chi connectivity index (χ1) is 17.0. The van der Waals surface area contributed by atoms with Gasteiger partial charge in [-0.25, -0.2) is 9.97 Å². The largest absolute Gasteiger partial charge is 0.279 e. The summed E-state index contributed by atoms with van der Waals surface area (Å²) in [6.07, 6.45) is 3.56. The zero-order valence-corrected chi connectivity index (χ0v) is 22.7. The fraction of sp³-hybridized carbons (Fsp3) is 0.133. The quantitative estimate of drug-likeness (QED) is 0.199. The van der Waals surface area contributed by atoms with Crippen molar-refractivity contribution in [3.8, 4) is 22.8 Å². The first-order valence-electron chi connectivity index (χ1n) is 11.7. The van der Waals surface area contributed by atoms with Crippen LogP contribution < -0.4 is 4.90 Å². The zero-order chi connectivity index (χ0) is 24.3. The molecule has 5 nitrogen and oxygen atoms in total. The molecule has 6 heteroatoms. The Morgan fingerprint density at radius 3 is 1.42 bits per heavy atom. The Hall–Kier alpha value is -3.69. The van der Waals surface area contributed by atoms with Crippen LogP contribution in [0.25, 0.3) is 22.8 Å². The number of hydrogen-bond donors (Lipinski definition) is 0. The van der Waals surface area contributed by atoms with Crippen LogP contribution in [0, 0.1) is 0 Å². The maximum absolute atomic E-state index is 4.98. The van der Waals surface area contributed by atoms with E-state index in [2.05, 4.69) is 59.9 Å². The molecule has 0 N–H and O–H groups in total. The van der Waals surface area contributed by atoms with E-state index in [0.29, 0.717) is 0 Å². The molecule has 0 aliphatic carbocycles. The van der Waals surface area contributed by atoms with E-state index in [-0.39, 0.29) is 26.5 Å². The summed E-state index contributed by atoms with van der Waals surface area (Å²) in [5.41, 5.74) is 5.58. The SMILES string of the molecule is CC(C)(C)c1ccc(N(c2cccc(-c3ccccn3)n2)c2cccc(-c3ccccn3)n2)cc1.[Pt]. The zero-order valence-electron chi connectivity index (χ0n) is 20.4. The topological polar surface area (TPSA) is 54.8 Å². The van der Waals surface area contributed by atoms with Crippen molar-refractivity contribution in [2.45, 2.75) is 26.2 Å². The van der Waals surface area contributed by atoms with Crippen molar-refractivity contribution in [2.75, 3.05) is 4.90 Å². The third-order valence-corrected chi connectivity index (χ3v) is 5.77. The van der Waals surface area contributed by atoms with Crippen LogP contribution >= 0.6 is 0 Å². The Balaban J connectivity index is 0.00000304. The van der Waals surface area contributed by atoms with Gasteiger partial charge >= 0.3 is 0 Å². The molecule has 0 saturated heterocycles. The number of anilines is 3. The molecular weight excluding hydrogens is 625 g/mol. The van der Waals surface area contributed by atoms with Gasteiger partial charge in [0, 0.05) is 39.1 Å². The number of nitrogens with zero attached hydrogens (tertiary/aromatic N) is 5. The molecule has 0 saturated carbocycles. The van der Waals surface area contributed by atoms with Crippen LogP contribution in [-0.4, -0.2) is 19.9 Å². The van der Waals surface area contributed by atoms with Crippen molar-refractivity contribution in [1.29, 1.82) is 0 Å². The molecule has 0 bridgehead atoms. The molecule has 1 aromatic carbocycles. The Labute approximate surface area is 226 Å². The summed E-state index contributed by atoms with van der Waals surface area (Å²) in [4.78, 5) is 21.0. The van der Waals surface area contributed by atoms with Crippen LogP contribution in [0.2, 0.25) is 0 Å². The maximum atomic E-state index is 4.98. The van der Waals surface area contributed by atoms with E-state index in [1.165, 1.54) is 5.56 Å². The molecule has 5 rings (SSSR count). The molecule has 0 radical (unpaired) electrons. The minimum atomic E-state index is 0. The number of pyridine rings is 4. The molecule has 4 heterocycles. The fourth-order valence-electron chi connectivity index (χ4n) is 3.90. The van der Waals surface area contributed by atoms with E-state index >= 15 is 0 Å². The average molecular weight is 653 g/mol. The van der Waals surface area contributed by atoms with Crippen LogP contribution in [0.15, 0.2) is 109 Å². The van der Waals surface area contributed by atoms with Gasteiger partial charge in [-0.1, -0.05) is 57.2 Å². The third kappa shape index (κ3) is 5.58. The summed E-state index contributed by atoms with van der Waals surface area (Å²) >= 11 is 0. The Bertz CT molecular complexity index is 1330. The fourth-order valence-corrected chi connectivity index (χ4v) is 3.90. The van der Waals surface area contributed by atoms with Gasteiger partial charge in [-0.3, -0.25) is 14.9 Å². The molecule has 0 fully saturated rings. The summed E-state index contributed by atoms with van der Waals surface area (Å²) in [6, 6.07) is 32.3. The summed E-state index contributed by atoms with van der Waals surface area (Å²) in [5, 5.41) is 0. The summed E-state index contributed by atoms with van der Waals surface area (Å²) in [5.74, 6) is 1.53. The maximum Gasteiger partial charge on any atom is 0.139 e. The summed E-state index contributed by atoms with van der Waals surface area (Å²) in [6.45, 7) is 6.65. The van der Waals surface area contributed by atoms with Gasteiger partial charge in [0.05, 0.1) is 22.8 Å². The van der Waals surface area contributed by atoms with Gasteiger partial charge in [-0.2, -0.15) is 0 Å². The number of aromatic nitrogens is 4. The Morgan fingerprint density at radius 2 is 1.00 bits per heavy atom. The van der Waals surface area contributed by atoms with E-state index in [4.69, 9.17) is 9.97 Å². The molecule has 0 atom stereocenters. The predicted molar refractivity (Wildman–Crippen MR) is 142 cm³/mol. The number of rotatable bonds is 5. The molecule has 5 aromatic rings. The smallest absolute Gasteiger partial charge is 0.139 e. The van der Waals surface area contributed by atoms with Crippen LogP contribution in [0.4, 0.5) is 17.3 Å². The Morgan fingerprint density at radius 1 is 0.528 bits per heavy atom. The van der Waals surface area contributed by atoms with Crippen LogP contribution in [0.1, 0.15) is 26.3 Å². The van der Waals surface area contributed by atoms with Crippen molar-refractivity contribution >= 4 is 17.3 Å². The summed E-state index contributed by atoms with van der Waals surface area (Å²) in [7, 11) is 0. The molecule has 0 amide bonds. The van der Waals surface area contributed by atoms with Gasteiger partial charge in [0.1, 0.15) is 11.6 Å². The molecule has 36 heavy (non-hydrogen) atoms. The molecule has 0 aliphatic rings. The van der Waals surface area contributed by atoms with Gasteiger partial charge in [0.25, 0.3) is 0 Å². The second kappa shape index (κ2) is 10.9. The molecule has 0 unspecified atom stereocenters. The van der Waals surface area contributed by atoms with Crippen molar-refractivity contribution in [2.24, 2.45) is 0 Å². The van der Waals surface area contributed by atoms with Crippen molar-refractivity contribution < 1.29 is 21.1 Å². The van der Waals surface area contributed by atoms with E-state index < -0.39 is 0 Å². The second-order valence-electron chi connectivity index (χ2n) is 9.32. The van der Waals surface area contributed by atoms with E-state index in [0.717, 1.165) is 40.1 Å². The Kier molecular flexibility index (Phi) is 7.71. The van der Waals surface area contributed by atoms with Crippen molar-refractivity contribution in [3.05, 3.63) is 115 Å². The van der Waals surface area contributed by atoms with Crippen LogP contribution in [0.5, 0.6) is 0 Å². The van der Waals surface area contributed by atoms with Crippen molar-refractivity contribution in [3.63, 3.8) is 0 Å². The van der Waals surface area contributed by atoms with Gasteiger partial charge in [0.2, 0.25) is 0 Å². The molecule has 0 spiro atoms. The third-order valence-electron chi connectivity index (χ3n) is 5.77.